The first kappa shape index (κ1) is 20.8. The van der Waals surface area contributed by atoms with Crippen molar-refractivity contribution in [3.63, 3.8) is 0 Å². The first-order valence-corrected chi connectivity index (χ1v) is 11.7. The molecule has 2 aliphatic rings. The SMILES string of the molecule is Cc1ccc(Nc2nc(C(=O)N3CCC(C(=O)N4CCC[C@@H](C)C4)CC3)cs2)cc1. The molecule has 160 valence electrons. The van der Waals surface area contributed by atoms with Gasteiger partial charge >= 0.3 is 0 Å². The minimum atomic E-state index is -0.0410. The summed E-state index contributed by atoms with van der Waals surface area (Å²) in [5.41, 5.74) is 2.64. The molecule has 2 aliphatic heterocycles. The van der Waals surface area contributed by atoms with Crippen LogP contribution in [0.15, 0.2) is 29.6 Å². The Morgan fingerprint density at radius 2 is 1.80 bits per heavy atom. The number of rotatable bonds is 4. The minimum Gasteiger partial charge on any atom is -0.342 e. The average Bonchev–Trinajstić information content (AvgIpc) is 3.23. The van der Waals surface area contributed by atoms with Gasteiger partial charge in [-0.2, -0.15) is 0 Å². The number of aromatic nitrogens is 1. The number of amides is 2. The van der Waals surface area contributed by atoms with E-state index in [2.05, 4.69) is 17.2 Å². The predicted molar refractivity (Wildman–Crippen MR) is 120 cm³/mol. The Kier molecular flexibility index (Phi) is 6.37. The van der Waals surface area contributed by atoms with Crippen LogP contribution in [0.5, 0.6) is 0 Å². The second-order valence-corrected chi connectivity index (χ2v) is 9.49. The van der Waals surface area contributed by atoms with Crippen molar-refractivity contribution < 1.29 is 9.59 Å². The van der Waals surface area contributed by atoms with Crippen LogP contribution in [-0.2, 0) is 4.79 Å². The summed E-state index contributed by atoms with van der Waals surface area (Å²) < 4.78 is 0. The summed E-state index contributed by atoms with van der Waals surface area (Å²) >= 11 is 1.43. The fourth-order valence-electron chi connectivity index (χ4n) is 4.33. The highest BCUT2D eigenvalue weighted by Crippen LogP contribution is 2.26. The molecule has 0 spiro atoms. The van der Waals surface area contributed by atoms with Crippen molar-refractivity contribution in [3.05, 3.63) is 40.9 Å². The number of hydrogen-bond acceptors (Lipinski definition) is 5. The van der Waals surface area contributed by atoms with Gasteiger partial charge in [0.2, 0.25) is 5.91 Å². The van der Waals surface area contributed by atoms with Gasteiger partial charge in [-0.1, -0.05) is 24.6 Å². The average molecular weight is 427 g/mol. The van der Waals surface area contributed by atoms with Crippen molar-refractivity contribution in [2.75, 3.05) is 31.5 Å². The Hall–Kier alpha value is -2.41. The number of anilines is 2. The standard InChI is InChI=1S/C23H30N4O2S/c1-16-5-7-19(8-6-16)24-23-25-20(15-30-23)22(29)26-12-9-18(10-13-26)21(28)27-11-3-4-17(2)14-27/h5-8,15,17-18H,3-4,9-14H2,1-2H3,(H,24,25)/t17-/m1/s1. The normalized spacial score (nSPS) is 20.3. The molecule has 3 heterocycles. The van der Waals surface area contributed by atoms with Gasteiger partial charge in [-0.05, 0) is 50.7 Å². The van der Waals surface area contributed by atoms with E-state index in [0.29, 0.717) is 29.8 Å². The number of benzene rings is 1. The molecule has 7 heteroatoms. The topological polar surface area (TPSA) is 65.5 Å². The number of carbonyl (C=O) groups excluding carboxylic acids is 2. The van der Waals surface area contributed by atoms with Gasteiger partial charge in [-0.3, -0.25) is 9.59 Å². The lowest BCUT2D eigenvalue weighted by Crippen LogP contribution is -2.47. The fraction of sp³-hybridized carbons (Fsp3) is 0.522. The molecule has 1 aromatic carbocycles. The van der Waals surface area contributed by atoms with E-state index in [1.807, 2.05) is 46.4 Å². The summed E-state index contributed by atoms with van der Waals surface area (Å²) in [4.78, 5) is 34.1. The van der Waals surface area contributed by atoms with E-state index in [0.717, 1.165) is 38.0 Å². The zero-order valence-electron chi connectivity index (χ0n) is 17.8. The lowest BCUT2D eigenvalue weighted by atomic mass is 9.92. The van der Waals surface area contributed by atoms with E-state index in [9.17, 15) is 9.59 Å². The van der Waals surface area contributed by atoms with Crippen LogP contribution in [-0.4, -0.2) is 52.8 Å². The molecule has 6 nitrogen and oxygen atoms in total. The summed E-state index contributed by atoms with van der Waals surface area (Å²) in [5, 5.41) is 5.78. The summed E-state index contributed by atoms with van der Waals surface area (Å²) in [7, 11) is 0. The maximum atomic E-state index is 12.9. The highest BCUT2D eigenvalue weighted by molar-refractivity contribution is 7.14. The largest absolute Gasteiger partial charge is 0.342 e. The first-order valence-electron chi connectivity index (χ1n) is 10.9. The fourth-order valence-corrected chi connectivity index (χ4v) is 5.03. The second kappa shape index (κ2) is 9.16. The molecule has 2 saturated heterocycles. The summed E-state index contributed by atoms with van der Waals surface area (Å²) in [6, 6.07) is 8.09. The molecule has 0 aliphatic carbocycles. The van der Waals surface area contributed by atoms with Crippen molar-refractivity contribution >= 4 is 34.0 Å². The Morgan fingerprint density at radius 3 is 2.50 bits per heavy atom. The van der Waals surface area contributed by atoms with Gasteiger partial charge in [0.1, 0.15) is 5.69 Å². The molecular weight excluding hydrogens is 396 g/mol. The number of likely N-dealkylation sites (tertiary alicyclic amines) is 2. The van der Waals surface area contributed by atoms with Gasteiger partial charge in [0, 0.05) is 43.2 Å². The Labute approximate surface area is 182 Å². The molecule has 2 fully saturated rings. The molecule has 0 radical (unpaired) electrons. The first-order chi connectivity index (χ1) is 14.5. The van der Waals surface area contributed by atoms with Crippen LogP contribution in [0.25, 0.3) is 0 Å². The quantitative estimate of drug-likeness (QED) is 0.791. The molecule has 1 N–H and O–H groups in total. The minimum absolute atomic E-state index is 0.0410. The van der Waals surface area contributed by atoms with Gasteiger partial charge in [-0.25, -0.2) is 4.98 Å². The molecule has 1 atom stereocenters. The van der Waals surface area contributed by atoms with Crippen LogP contribution in [0, 0.1) is 18.8 Å². The zero-order chi connectivity index (χ0) is 21.1. The van der Waals surface area contributed by atoms with E-state index in [4.69, 9.17) is 0 Å². The molecule has 0 unspecified atom stereocenters. The van der Waals surface area contributed by atoms with Crippen LogP contribution in [0.4, 0.5) is 10.8 Å². The highest BCUT2D eigenvalue weighted by atomic mass is 32.1. The van der Waals surface area contributed by atoms with Crippen molar-refractivity contribution in [1.29, 1.82) is 0 Å². The maximum Gasteiger partial charge on any atom is 0.273 e. The molecule has 1 aromatic heterocycles. The smallest absolute Gasteiger partial charge is 0.273 e. The zero-order valence-corrected chi connectivity index (χ0v) is 18.6. The Morgan fingerprint density at radius 1 is 1.07 bits per heavy atom. The molecule has 2 amide bonds. The third-order valence-corrected chi connectivity index (χ3v) is 6.88. The van der Waals surface area contributed by atoms with Crippen molar-refractivity contribution in [1.82, 2.24) is 14.8 Å². The molecule has 0 bridgehead atoms. The number of hydrogen-bond donors (Lipinski definition) is 1. The van der Waals surface area contributed by atoms with Crippen molar-refractivity contribution in [2.24, 2.45) is 11.8 Å². The number of nitrogens with one attached hydrogen (secondary N) is 1. The second-order valence-electron chi connectivity index (χ2n) is 8.63. The molecule has 30 heavy (non-hydrogen) atoms. The van der Waals surface area contributed by atoms with Crippen LogP contribution in [0.2, 0.25) is 0 Å². The lowest BCUT2D eigenvalue weighted by molar-refractivity contribution is -0.138. The van der Waals surface area contributed by atoms with Gasteiger partial charge in [0.25, 0.3) is 5.91 Å². The monoisotopic (exact) mass is 426 g/mol. The maximum absolute atomic E-state index is 12.9. The van der Waals surface area contributed by atoms with Gasteiger partial charge in [0.15, 0.2) is 5.13 Å². The van der Waals surface area contributed by atoms with E-state index in [1.54, 1.807) is 0 Å². The Bertz CT molecular complexity index is 887. The Balaban J connectivity index is 1.30. The molecule has 2 aromatic rings. The summed E-state index contributed by atoms with van der Waals surface area (Å²) in [6.45, 7) is 7.28. The number of thiazole rings is 1. The molecule has 4 rings (SSSR count). The number of piperidine rings is 2. The number of aryl methyl sites for hydroxylation is 1. The van der Waals surface area contributed by atoms with Gasteiger partial charge < -0.3 is 15.1 Å². The third kappa shape index (κ3) is 4.83. The summed E-state index contributed by atoms with van der Waals surface area (Å²) in [6.07, 6.45) is 3.81. The lowest BCUT2D eigenvalue weighted by Gasteiger charge is -2.37. The van der Waals surface area contributed by atoms with Crippen LogP contribution in [0.3, 0.4) is 0 Å². The van der Waals surface area contributed by atoms with Gasteiger partial charge in [-0.15, -0.1) is 11.3 Å². The van der Waals surface area contributed by atoms with E-state index < -0.39 is 0 Å². The molecule has 0 saturated carbocycles. The van der Waals surface area contributed by atoms with E-state index in [-0.39, 0.29) is 17.7 Å². The number of nitrogens with zero attached hydrogens (tertiary/aromatic N) is 3. The number of carbonyl (C=O) groups is 2. The van der Waals surface area contributed by atoms with Crippen LogP contribution < -0.4 is 5.32 Å². The summed E-state index contributed by atoms with van der Waals surface area (Å²) in [5.74, 6) is 0.887. The van der Waals surface area contributed by atoms with Crippen LogP contribution in [0.1, 0.15) is 48.7 Å². The van der Waals surface area contributed by atoms with E-state index >= 15 is 0 Å². The third-order valence-electron chi connectivity index (χ3n) is 6.13. The highest BCUT2D eigenvalue weighted by Gasteiger charge is 2.32. The van der Waals surface area contributed by atoms with Gasteiger partial charge in [0.05, 0.1) is 0 Å². The van der Waals surface area contributed by atoms with Crippen molar-refractivity contribution in [2.45, 2.75) is 39.5 Å². The van der Waals surface area contributed by atoms with Crippen molar-refractivity contribution in [3.8, 4) is 0 Å². The van der Waals surface area contributed by atoms with Crippen LogP contribution >= 0.6 is 11.3 Å². The predicted octanol–water partition coefficient (Wildman–Crippen LogP) is 4.31. The van der Waals surface area contributed by atoms with E-state index in [1.165, 1.54) is 23.3 Å². The molecular formula is C23H30N4O2S.